The van der Waals surface area contributed by atoms with E-state index >= 15 is 0 Å². The molecule has 7 nitrogen and oxygen atoms in total. The molecule has 2 aromatic carbocycles. The maximum atomic E-state index is 11.7. The van der Waals surface area contributed by atoms with Crippen molar-refractivity contribution in [2.45, 2.75) is 0 Å². The number of carbonyl (C=O) groups is 2. The second-order valence-corrected chi connectivity index (χ2v) is 6.24. The van der Waals surface area contributed by atoms with Gasteiger partial charge >= 0.3 is 0 Å². The molecule has 0 unspecified atom stereocenters. The molecule has 0 aliphatic carbocycles. The van der Waals surface area contributed by atoms with Crippen molar-refractivity contribution in [3.63, 3.8) is 0 Å². The second-order valence-electron chi connectivity index (χ2n) is 5.32. The van der Waals surface area contributed by atoms with Gasteiger partial charge in [-0.05, 0) is 42.0 Å². The van der Waals surface area contributed by atoms with E-state index < -0.39 is 11.8 Å². The number of nitrogens with zero attached hydrogens (tertiary/aromatic N) is 1. The molecule has 2 amide bonds. The minimum Gasteiger partial charge on any atom is -0.507 e. The van der Waals surface area contributed by atoms with Gasteiger partial charge in [-0.1, -0.05) is 28.1 Å². The normalized spacial score (nSPS) is 10.9. The largest absolute Gasteiger partial charge is 0.507 e. The smallest absolute Gasteiger partial charge is 0.259 e. The molecule has 0 fully saturated rings. The molecule has 0 bridgehead atoms. The maximum Gasteiger partial charge on any atom is 0.259 e. The number of hydrogen-bond acceptors (Lipinski definition) is 5. The number of benzene rings is 2. The van der Waals surface area contributed by atoms with Crippen LogP contribution in [0, 0.1) is 0 Å². The van der Waals surface area contributed by atoms with Gasteiger partial charge in [-0.3, -0.25) is 9.59 Å². The van der Waals surface area contributed by atoms with Crippen LogP contribution >= 0.6 is 15.9 Å². The molecule has 27 heavy (non-hydrogen) atoms. The van der Waals surface area contributed by atoms with Crippen molar-refractivity contribution in [1.29, 1.82) is 0 Å². The van der Waals surface area contributed by atoms with E-state index in [4.69, 9.17) is 4.74 Å². The van der Waals surface area contributed by atoms with E-state index in [1.165, 1.54) is 18.4 Å². The number of methoxy groups -OCH3 is 1. The standard InChI is InChI=1S/C19H18BrN3O4/c1-27-16-6-2-13(3-7-16)4-9-18(25)21-12-19(26)23-22-11-14-10-15(20)5-8-17(14)24/h2-11,24H,12H2,1H3,(H,21,25)(H,23,26)/b9-4+,22-11+. The third-order valence-corrected chi connectivity index (χ3v) is 3.84. The third kappa shape index (κ3) is 6.95. The average molecular weight is 432 g/mol. The second kappa shape index (κ2) is 10.1. The van der Waals surface area contributed by atoms with Gasteiger partial charge in [0.2, 0.25) is 5.91 Å². The van der Waals surface area contributed by atoms with Gasteiger partial charge < -0.3 is 15.2 Å². The lowest BCUT2D eigenvalue weighted by Gasteiger charge is -2.02. The molecule has 0 saturated carbocycles. The van der Waals surface area contributed by atoms with Crippen molar-refractivity contribution < 1.29 is 19.4 Å². The van der Waals surface area contributed by atoms with Crippen molar-refractivity contribution >= 4 is 40.0 Å². The molecule has 0 spiro atoms. The Morgan fingerprint density at radius 1 is 1.22 bits per heavy atom. The molecule has 2 aromatic rings. The Bertz CT molecular complexity index is 864. The Kier molecular flexibility index (Phi) is 7.57. The van der Waals surface area contributed by atoms with Gasteiger partial charge in [0.15, 0.2) is 0 Å². The van der Waals surface area contributed by atoms with Gasteiger partial charge in [0.25, 0.3) is 5.91 Å². The number of hydrogen-bond donors (Lipinski definition) is 3. The first-order valence-corrected chi connectivity index (χ1v) is 8.67. The molecule has 0 saturated heterocycles. The van der Waals surface area contributed by atoms with E-state index in [0.717, 1.165) is 15.8 Å². The third-order valence-electron chi connectivity index (χ3n) is 3.35. The fourth-order valence-electron chi connectivity index (χ4n) is 1.96. The number of ether oxygens (including phenoxy) is 1. The van der Waals surface area contributed by atoms with Gasteiger partial charge in [0.1, 0.15) is 11.5 Å². The zero-order chi connectivity index (χ0) is 19.6. The summed E-state index contributed by atoms with van der Waals surface area (Å²) in [5.41, 5.74) is 3.54. The van der Waals surface area contributed by atoms with Gasteiger partial charge in [0.05, 0.1) is 19.9 Å². The first-order chi connectivity index (χ1) is 13.0. The fraction of sp³-hybridized carbons (Fsp3) is 0.105. The van der Waals surface area contributed by atoms with Crippen molar-refractivity contribution in [3.8, 4) is 11.5 Å². The highest BCUT2D eigenvalue weighted by molar-refractivity contribution is 9.10. The minimum atomic E-state index is -0.494. The summed E-state index contributed by atoms with van der Waals surface area (Å²) >= 11 is 3.28. The number of nitrogens with one attached hydrogen (secondary N) is 2. The summed E-state index contributed by atoms with van der Waals surface area (Å²) in [7, 11) is 1.58. The van der Waals surface area contributed by atoms with Crippen molar-refractivity contribution in [3.05, 3.63) is 64.1 Å². The van der Waals surface area contributed by atoms with E-state index in [9.17, 15) is 14.7 Å². The average Bonchev–Trinajstić information content (AvgIpc) is 2.67. The zero-order valence-corrected chi connectivity index (χ0v) is 16.1. The predicted molar refractivity (Wildman–Crippen MR) is 107 cm³/mol. The predicted octanol–water partition coefficient (Wildman–Crippen LogP) is 2.44. The van der Waals surface area contributed by atoms with Crippen LogP contribution < -0.4 is 15.5 Å². The molecule has 3 N–H and O–H groups in total. The van der Waals surface area contributed by atoms with Crippen LogP contribution in [0.4, 0.5) is 0 Å². The van der Waals surface area contributed by atoms with E-state index in [2.05, 4.69) is 31.8 Å². The summed E-state index contributed by atoms with van der Waals surface area (Å²) in [6.45, 7) is -0.229. The summed E-state index contributed by atoms with van der Waals surface area (Å²) in [5.74, 6) is -0.139. The van der Waals surface area contributed by atoms with Crippen molar-refractivity contribution in [1.82, 2.24) is 10.7 Å². The van der Waals surface area contributed by atoms with Gasteiger partial charge in [-0.2, -0.15) is 5.10 Å². The number of halogens is 1. The van der Waals surface area contributed by atoms with Crippen LogP contribution in [0.5, 0.6) is 11.5 Å². The summed E-state index contributed by atoms with van der Waals surface area (Å²) in [4.78, 5) is 23.4. The molecule has 0 atom stereocenters. The number of amides is 2. The lowest BCUT2D eigenvalue weighted by atomic mass is 10.2. The molecular formula is C19H18BrN3O4. The maximum absolute atomic E-state index is 11.7. The molecule has 0 radical (unpaired) electrons. The highest BCUT2D eigenvalue weighted by Gasteiger charge is 2.03. The fourth-order valence-corrected chi connectivity index (χ4v) is 2.33. The summed E-state index contributed by atoms with van der Waals surface area (Å²) in [6, 6.07) is 12.0. The molecule has 0 heterocycles. The van der Waals surface area contributed by atoms with E-state index in [1.807, 2.05) is 0 Å². The van der Waals surface area contributed by atoms with Crippen LogP contribution in [0.15, 0.2) is 58.1 Å². The molecule has 140 valence electrons. The SMILES string of the molecule is COc1ccc(/C=C/C(=O)NCC(=O)N/N=C/c2cc(Br)ccc2O)cc1. The number of rotatable bonds is 7. The highest BCUT2D eigenvalue weighted by Crippen LogP contribution is 2.19. The summed E-state index contributed by atoms with van der Waals surface area (Å²) in [6.07, 6.45) is 4.27. The first kappa shape index (κ1) is 20.2. The van der Waals surface area contributed by atoms with E-state index in [0.29, 0.717) is 5.56 Å². The van der Waals surface area contributed by atoms with Gasteiger partial charge in [-0.25, -0.2) is 5.43 Å². The van der Waals surface area contributed by atoms with Crippen LogP contribution in [0.2, 0.25) is 0 Å². The first-order valence-electron chi connectivity index (χ1n) is 7.88. The van der Waals surface area contributed by atoms with Crippen molar-refractivity contribution in [2.75, 3.05) is 13.7 Å². The number of hydrazone groups is 1. The highest BCUT2D eigenvalue weighted by atomic mass is 79.9. The topological polar surface area (TPSA) is 100 Å². The molecule has 2 rings (SSSR count). The molecular weight excluding hydrogens is 414 g/mol. The summed E-state index contributed by atoms with van der Waals surface area (Å²) in [5, 5.41) is 15.9. The van der Waals surface area contributed by atoms with Crippen LogP contribution in [0.25, 0.3) is 6.08 Å². The van der Waals surface area contributed by atoms with E-state index in [-0.39, 0.29) is 12.3 Å². The Balaban J connectivity index is 1.77. The van der Waals surface area contributed by atoms with Crippen LogP contribution in [-0.4, -0.2) is 36.8 Å². The molecule has 8 heteroatoms. The lowest BCUT2D eigenvalue weighted by Crippen LogP contribution is -2.34. The molecule has 0 aliphatic heterocycles. The number of aromatic hydroxyl groups is 1. The Hall–Kier alpha value is -3.13. The Labute approximate surface area is 164 Å². The van der Waals surface area contributed by atoms with Gasteiger partial charge in [0, 0.05) is 16.1 Å². The lowest BCUT2D eigenvalue weighted by molar-refractivity contribution is -0.123. The minimum absolute atomic E-state index is 0.0353. The number of phenols is 1. The number of phenolic OH excluding ortho intramolecular Hbond substituents is 1. The number of carbonyl (C=O) groups excluding carboxylic acids is 2. The molecule has 0 aromatic heterocycles. The zero-order valence-electron chi connectivity index (χ0n) is 14.5. The monoisotopic (exact) mass is 431 g/mol. The van der Waals surface area contributed by atoms with Gasteiger partial charge in [-0.15, -0.1) is 0 Å². The Morgan fingerprint density at radius 3 is 2.67 bits per heavy atom. The van der Waals surface area contributed by atoms with Crippen LogP contribution in [0.3, 0.4) is 0 Å². The van der Waals surface area contributed by atoms with E-state index in [1.54, 1.807) is 49.6 Å². The molecule has 0 aliphatic rings. The Morgan fingerprint density at radius 2 is 1.96 bits per heavy atom. The summed E-state index contributed by atoms with van der Waals surface area (Å²) < 4.78 is 5.82. The quantitative estimate of drug-likeness (QED) is 0.356. The van der Waals surface area contributed by atoms with Crippen molar-refractivity contribution in [2.24, 2.45) is 5.10 Å². The van der Waals surface area contributed by atoms with Crippen LogP contribution in [-0.2, 0) is 9.59 Å². The van der Waals surface area contributed by atoms with Crippen LogP contribution in [0.1, 0.15) is 11.1 Å².